The van der Waals surface area contributed by atoms with E-state index in [-0.39, 0.29) is 17.9 Å². The number of rotatable bonds is 5. The molecule has 1 aliphatic rings. The maximum Gasteiger partial charge on any atom is 0.235 e. The Kier molecular flexibility index (Phi) is 5.84. The second-order valence-corrected chi connectivity index (χ2v) is 5.55. The predicted octanol–water partition coefficient (Wildman–Crippen LogP) is 0.997. The topological polar surface area (TPSA) is 52.6 Å². The fraction of sp³-hybridized carbons (Fsp3) is 0.800. The molecule has 0 saturated carbocycles. The number of carbonyl (C=O) groups excluding carboxylic acids is 1. The van der Waals surface area contributed by atoms with E-state index in [9.17, 15) is 9.90 Å². The Morgan fingerprint density at radius 1 is 1.53 bits per heavy atom. The van der Waals surface area contributed by atoms with Gasteiger partial charge in [-0.3, -0.25) is 9.69 Å². The predicted molar refractivity (Wildman–Crippen MR) is 76.5 cm³/mol. The van der Waals surface area contributed by atoms with Crippen LogP contribution in [0.15, 0.2) is 0 Å². The second kappa shape index (κ2) is 6.93. The smallest absolute Gasteiger partial charge is 0.235 e. The fourth-order valence-electron chi connectivity index (χ4n) is 2.54. The number of nitrogens with one attached hydrogen (secondary N) is 1. The van der Waals surface area contributed by atoms with Crippen LogP contribution in [0.5, 0.6) is 0 Å². The van der Waals surface area contributed by atoms with Crippen molar-refractivity contribution < 1.29 is 9.90 Å². The molecule has 0 aromatic heterocycles. The molecule has 2 unspecified atom stereocenters. The van der Waals surface area contributed by atoms with Crippen molar-refractivity contribution in [1.29, 1.82) is 0 Å². The molecule has 0 aromatic carbocycles. The van der Waals surface area contributed by atoms with Gasteiger partial charge < -0.3 is 10.4 Å². The van der Waals surface area contributed by atoms with Crippen LogP contribution < -0.4 is 5.32 Å². The molecule has 1 saturated heterocycles. The molecule has 1 fully saturated rings. The van der Waals surface area contributed by atoms with Crippen LogP contribution in [-0.2, 0) is 4.79 Å². The first kappa shape index (κ1) is 16.0. The Morgan fingerprint density at radius 2 is 2.16 bits per heavy atom. The molecule has 4 heteroatoms. The molecule has 108 valence electrons. The number of amides is 1. The van der Waals surface area contributed by atoms with Crippen molar-refractivity contribution in [3.05, 3.63) is 0 Å². The first-order valence-electron chi connectivity index (χ1n) is 7.15. The minimum atomic E-state index is -0.516. The van der Waals surface area contributed by atoms with Crippen LogP contribution in [0.25, 0.3) is 0 Å². The summed E-state index contributed by atoms with van der Waals surface area (Å²) in [5.41, 5.74) is -0.516. The number of piperidine rings is 1. The third-order valence-corrected chi connectivity index (χ3v) is 4.17. The number of terminal acetylenes is 1. The van der Waals surface area contributed by atoms with Gasteiger partial charge in [0, 0.05) is 13.1 Å². The molecule has 2 atom stereocenters. The lowest BCUT2D eigenvalue weighted by Crippen LogP contribution is -2.52. The number of likely N-dealkylation sites (tertiary alicyclic amines) is 1. The van der Waals surface area contributed by atoms with E-state index in [1.807, 2.05) is 20.8 Å². The van der Waals surface area contributed by atoms with Crippen LogP contribution in [0, 0.1) is 18.3 Å². The van der Waals surface area contributed by atoms with E-state index in [0.717, 1.165) is 32.4 Å². The monoisotopic (exact) mass is 266 g/mol. The lowest BCUT2D eigenvalue weighted by molar-refractivity contribution is -0.124. The number of hydrogen-bond donors (Lipinski definition) is 2. The summed E-state index contributed by atoms with van der Waals surface area (Å²) in [6.07, 6.45) is 7.51. The van der Waals surface area contributed by atoms with Crippen molar-refractivity contribution in [1.82, 2.24) is 10.2 Å². The van der Waals surface area contributed by atoms with Gasteiger partial charge in [-0.05, 0) is 25.2 Å². The lowest BCUT2D eigenvalue weighted by Gasteiger charge is -2.35. The molecule has 2 N–H and O–H groups in total. The van der Waals surface area contributed by atoms with Crippen molar-refractivity contribution >= 4 is 5.91 Å². The zero-order valence-electron chi connectivity index (χ0n) is 12.3. The van der Waals surface area contributed by atoms with Crippen LogP contribution in [-0.4, -0.2) is 47.2 Å². The van der Waals surface area contributed by atoms with E-state index in [1.165, 1.54) is 0 Å². The van der Waals surface area contributed by atoms with Crippen LogP contribution in [0.4, 0.5) is 0 Å². The fourth-order valence-corrected chi connectivity index (χ4v) is 2.54. The van der Waals surface area contributed by atoms with Gasteiger partial charge in [0.05, 0.1) is 12.6 Å². The number of aliphatic hydroxyl groups is 1. The molecule has 0 spiro atoms. The highest BCUT2D eigenvalue weighted by Gasteiger charge is 2.28. The van der Waals surface area contributed by atoms with Crippen LogP contribution in [0.2, 0.25) is 0 Å². The van der Waals surface area contributed by atoms with Crippen LogP contribution >= 0.6 is 0 Å². The lowest BCUT2D eigenvalue weighted by atomic mass is 9.93. The van der Waals surface area contributed by atoms with Gasteiger partial charge >= 0.3 is 0 Å². The van der Waals surface area contributed by atoms with Gasteiger partial charge in [0.15, 0.2) is 0 Å². The minimum Gasteiger partial charge on any atom is -0.393 e. The quantitative estimate of drug-likeness (QED) is 0.730. The molecule has 0 aromatic rings. The summed E-state index contributed by atoms with van der Waals surface area (Å²) >= 11 is 0. The number of nitrogens with zero attached hydrogens (tertiary/aromatic N) is 1. The van der Waals surface area contributed by atoms with E-state index in [2.05, 4.69) is 16.1 Å². The summed E-state index contributed by atoms with van der Waals surface area (Å²) in [7, 11) is 0. The van der Waals surface area contributed by atoms with Gasteiger partial charge in [0.1, 0.15) is 5.54 Å². The molecular weight excluding hydrogens is 240 g/mol. The second-order valence-electron chi connectivity index (χ2n) is 5.55. The van der Waals surface area contributed by atoms with Crippen molar-refractivity contribution in [2.75, 3.05) is 19.6 Å². The standard InChI is InChI=1S/C15H26N2O2/c1-5-15(6-2,7-3)16-14(19)11-17-9-8-13(18)12(4)10-17/h1,12-13,18H,6-11H2,2-4H3,(H,16,19). The molecule has 1 rings (SSSR count). The van der Waals surface area contributed by atoms with Crippen molar-refractivity contribution in [3.8, 4) is 12.3 Å². The first-order valence-corrected chi connectivity index (χ1v) is 7.15. The van der Waals surface area contributed by atoms with Crippen molar-refractivity contribution in [2.45, 2.75) is 51.7 Å². The van der Waals surface area contributed by atoms with Crippen LogP contribution in [0.1, 0.15) is 40.0 Å². The first-order chi connectivity index (χ1) is 8.96. The summed E-state index contributed by atoms with van der Waals surface area (Å²) in [5.74, 6) is 2.90. The molecular formula is C15H26N2O2. The van der Waals surface area contributed by atoms with E-state index in [1.54, 1.807) is 0 Å². The number of aliphatic hydroxyl groups excluding tert-OH is 1. The molecule has 0 radical (unpaired) electrons. The Bertz CT molecular complexity index is 345. The average molecular weight is 266 g/mol. The van der Waals surface area contributed by atoms with E-state index >= 15 is 0 Å². The Balaban J connectivity index is 2.50. The molecule has 0 bridgehead atoms. The molecule has 1 heterocycles. The third kappa shape index (κ3) is 4.22. The van der Waals surface area contributed by atoms with Gasteiger partial charge in [-0.15, -0.1) is 6.42 Å². The Hall–Kier alpha value is -1.05. The van der Waals surface area contributed by atoms with Crippen LogP contribution in [0.3, 0.4) is 0 Å². The number of hydrogen-bond acceptors (Lipinski definition) is 3. The van der Waals surface area contributed by atoms with Gasteiger partial charge in [-0.1, -0.05) is 26.7 Å². The zero-order valence-corrected chi connectivity index (χ0v) is 12.3. The summed E-state index contributed by atoms with van der Waals surface area (Å²) in [5, 5.41) is 12.7. The highest BCUT2D eigenvalue weighted by Crippen LogP contribution is 2.17. The summed E-state index contributed by atoms with van der Waals surface area (Å²) in [4.78, 5) is 14.2. The summed E-state index contributed by atoms with van der Waals surface area (Å²) in [6, 6.07) is 0. The van der Waals surface area contributed by atoms with Gasteiger partial charge in [0.2, 0.25) is 5.91 Å². The minimum absolute atomic E-state index is 0.0229. The Labute approximate surface area is 116 Å². The molecule has 1 aliphatic heterocycles. The van der Waals surface area contributed by atoms with Crippen molar-refractivity contribution in [3.63, 3.8) is 0 Å². The largest absolute Gasteiger partial charge is 0.393 e. The maximum absolute atomic E-state index is 12.1. The van der Waals surface area contributed by atoms with Gasteiger partial charge in [0.25, 0.3) is 0 Å². The highest BCUT2D eigenvalue weighted by molar-refractivity contribution is 5.79. The normalized spacial score (nSPS) is 24.8. The SMILES string of the molecule is C#CC(CC)(CC)NC(=O)CN1CCC(O)C(C)C1. The Morgan fingerprint density at radius 3 is 2.63 bits per heavy atom. The van der Waals surface area contributed by atoms with E-state index < -0.39 is 5.54 Å². The third-order valence-electron chi connectivity index (χ3n) is 4.17. The molecule has 0 aliphatic carbocycles. The number of carbonyl (C=O) groups is 1. The maximum atomic E-state index is 12.1. The van der Waals surface area contributed by atoms with Crippen molar-refractivity contribution in [2.24, 2.45) is 5.92 Å². The summed E-state index contributed by atoms with van der Waals surface area (Å²) < 4.78 is 0. The molecule has 19 heavy (non-hydrogen) atoms. The zero-order chi connectivity index (χ0) is 14.5. The van der Waals surface area contributed by atoms with Gasteiger partial charge in [-0.25, -0.2) is 0 Å². The van der Waals surface area contributed by atoms with Gasteiger partial charge in [-0.2, -0.15) is 0 Å². The van der Waals surface area contributed by atoms with E-state index in [4.69, 9.17) is 6.42 Å². The average Bonchev–Trinajstić information content (AvgIpc) is 2.40. The summed E-state index contributed by atoms with van der Waals surface area (Å²) in [6.45, 7) is 7.88. The molecule has 4 nitrogen and oxygen atoms in total. The van der Waals surface area contributed by atoms with E-state index in [0.29, 0.717) is 6.54 Å². The highest BCUT2D eigenvalue weighted by atomic mass is 16.3. The molecule has 1 amide bonds.